The molecule has 0 saturated carbocycles. The summed E-state index contributed by atoms with van der Waals surface area (Å²) < 4.78 is 5.86. The number of nitrogens with zero attached hydrogens (tertiary/aromatic N) is 1. The summed E-state index contributed by atoms with van der Waals surface area (Å²) in [7, 11) is 0. The molecule has 1 saturated heterocycles. The fourth-order valence-corrected chi connectivity index (χ4v) is 3.28. The molecule has 3 rings (SSSR count). The Balaban J connectivity index is 2.22. The largest absolute Gasteiger partial charge is 0.365 e. The molecule has 0 aromatic heterocycles. The smallest absolute Gasteiger partial charge is 0.285 e. The van der Waals surface area contributed by atoms with E-state index >= 15 is 0 Å². The highest BCUT2D eigenvalue weighted by Crippen LogP contribution is 2.51. The molecular formula is C18H17NO3. The van der Waals surface area contributed by atoms with Gasteiger partial charge in [0.05, 0.1) is 12.5 Å². The molecule has 0 amide bonds. The summed E-state index contributed by atoms with van der Waals surface area (Å²) >= 11 is 0. The molecule has 1 aliphatic heterocycles. The second-order valence-corrected chi connectivity index (χ2v) is 5.41. The summed E-state index contributed by atoms with van der Waals surface area (Å²) in [5.74, 6) is -0.380. The predicted molar refractivity (Wildman–Crippen MR) is 83.9 cm³/mol. The van der Waals surface area contributed by atoms with Gasteiger partial charge < -0.3 is 4.74 Å². The van der Waals surface area contributed by atoms with Crippen LogP contribution < -0.4 is 0 Å². The molecule has 0 radical (unpaired) electrons. The maximum absolute atomic E-state index is 12.2. The van der Waals surface area contributed by atoms with E-state index < -0.39 is 11.6 Å². The highest BCUT2D eigenvalue weighted by molar-refractivity contribution is 5.33. The first-order valence-electron chi connectivity index (χ1n) is 7.20. The highest BCUT2D eigenvalue weighted by Gasteiger charge is 2.62. The maximum atomic E-state index is 12.2. The van der Waals surface area contributed by atoms with Crippen molar-refractivity contribution >= 4 is 0 Å². The Labute approximate surface area is 129 Å². The van der Waals surface area contributed by atoms with Gasteiger partial charge in [-0.25, -0.2) is 0 Å². The van der Waals surface area contributed by atoms with E-state index in [2.05, 4.69) is 6.58 Å². The zero-order chi connectivity index (χ0) is 15.6. The Hall–Kier alpha value is -2.46. The van der Waals surface area contributed by atoms with E-state index in [4.69, 9.17) is 4.74 Å². The fraction of sp³-hybridized carbons (Fsp3) is 0.222. The third kappa shape index (κ3) is 2.04. The third-order valence-electron chi connectivity index (χ3n) is 4.33. The second kappa shape index (κ2) is 5.73. The van der Waals surface area contributed by atoms with Crippen LogP contribution >= 0.6 is 0 Å². The first-order chi connectivity index (χ1) is 10.7. The van der Waals surface area contributed by atoms with Gasteiger partial charge in [0.25, 0.3) is 5.54 Å². The standard InChI is InChI=1S/C18H17NO3/c1-2-15-13-22-17(14-9-5-3-6-10-14)18(15,19(20)21)16-11-7-4-8-12-16/h2-12,15,17H,1,13H2/t15-,17+,18+/m0/s1. The number of ether oxygens (including phenoxy) is 1. The lowest BCUT2D eigenvalue weighted by molar-refractivity contribution is -0.593. The normalized spacial score (nSPS) is 27.5. The van der Waals surface area contributed by atoms with Gasteiger partial charge in [-0.3, -0.25) is 10.1 Å². The Morgan fingerprint density at radius 2 is 1.73 bits per heavy atom. The minimum absolute atomic E-state index is 0.209. The van der Waals surface area contributed by atoms with Crippen LogP contribution in [0.15, 0.2) is 73.3 Å². The van der Waals surface area contributed by atoms with Crippen LogP contribution in [0.3, 0.4) is 0 Å². The van der Waals surface area contributed by atoms with E-state index in [9.17, 15) is 10.1 Å². The molecule has 0 unspecified atom stereocenters. The number of rotatable bonds is 4. The lowest BCUT2D eigenvalue weighted by Gasteiger charge is -2.29. The summed E-state index contributed by atoms with van der Waals surface area (Å²) in [6, 6.07) is 18.5. The second-order valence-electron chi connectivity index (χ2n) is 5.41. The molecule has 22 heavy (non-hydrogen) atoms. The first-order valence-corrected chi connectivity index (χ1v) is 7.20. The maximum Gasteiger partial charge on any atom is 0.285 e. The minimum Gasteiger partial charge on any atom is -0.365 e. The van der Waals surface area contributed by atoms with Crippen LogP contribution in [0.1, 0.15) is 17.2 Å². The van der Waals surface area contributed by atoms with Crippen LogP contribution in [0, 0.1) is 16.0 Å². The molecule has 0 bridgehead atoms. The van der Waals surface area contributed by atoms with Crippen molar-refractivity contribution in [2.75, 3.05) is 6.61 Å². The molecular weight excluding hydrogens is 278 g/mol. The average Bonchev–Trinajstić information content (AvgIpc) is 2.97. The quantitative estimate of drug-likeness (QED) is 0.490. The topological polar surface area (TPSA) is 52.4 Å². The van der Waals surface area contributed by atoms with Gasteiger partial charge in [0.2, 0.25) is 0 Å². The summed E-state index contributed by atoms with van der Waals surface area (Å²) in [6.07, 6.45) is 1.01. The number of nitro groups is 1. The summed E-state index contributed by atoms with van der Waals surface area (Å²) in [6.45, 7) is 4.08. The predicted octanol–water partition coefficient (Wildman–Crippen LogP) is 3.73. The Bertz CT molecular complexity index is 671. The molecule has 4 heteroatoms. The summed E-state index contributed by atoms with van der Waals surface area (Å²) in [5, 5.41) is 12.2. The van der Waals surface area contributed by atoms with E-state index in [1.54, 1.807) is 18.2 Å². The molecule has 1 fully saturated rings. The van der Waals surface area contributed by atoms with Crippen LogP contribution in [0.5, 0.6) is 0 Å². The van der Waals surface area contributed by atoms with Crippen LogP contribution in [0.25, 0.3) is 0 Å². The van der Waals surface area contributed by atoms with Crippen molar-refractivity contribution in [1.82, 2.24) is 0 Å². The minimum atomic E-state index is -1.34. The van der Waals surface area contributed by atoms with Gasteiger partial charge in [0.15, 0.2) is 6.10 Å². The van der Waals surface area contributed by atoms with E-state index in [1.807, 2.05) is 48.5 Å². The molecule has 2 aromatic rings. The van der Waals surface area contributed by atoms with Crippen molar-refractivity contribution in [3.8, 4) is 0 Å². The van der Waals surface area contributed by atoms with Crippen molar-refractivity contribution < 1.29 is 9.66 Å². The van der Waals surface area contributed by atoms with Gasteiger partial charge in [0, 0.05) is 10.5 Å². The lowest BCUT2D eigenvalue weighted by atomic mass is 9.74. The van der Waals surface area contributed by atoms with Crippen molar-refractivity contribution in [3.63, 3.8) is 0 Å². The van der Waals surface area contributed by atoms with Gasteiger partial charge in [-0.1, -0.05) is 66.7 Å². The molecule has 112 valence electrons. The average molecular weight is 295 g/mol. The molecule has 1 aliphatic rings. The van der Waals surface area contributed by atoms with Gasteiger partial charge in [0.1, 0.15) is 0 Å². The van der Waals surface area contributed by atoms with Crippen LogP contribution in [-0.4, -0.2) is 11.5 Å². The SMILES string of the molecule is C=C[C@H]1CO[C@H](c2ccccc2)[C@@]1(c1ccccc1)[N+](=O)[O-]. The Kier molecular flexibility index (Phi) is 3.77. The first kappa shape index (κ1) is 14.5. The molecule has 0 aliphatic carbocycles. The van der Waals surface area contributed by atoms with Crippen molar-refractivity contribution in [3.05, 3.63) is 94.6 Å². The lowest BCUT2D eigenvalue weighted by Crippen LogP contribution is -2.43. The van der Waals surface area contributed by atoms with Gasteiger partial charge >= 0.3 is 0 Å². The zero-order valence-electron chi connectivity index (χ0n) is 12.1. The molecule has 4 nitrogen and oxygen atoms in total. The van der Waals surface area contributed by atoms with Crippen molar-refractivity contribution in [2.45, 2.75) is 11.6 Å². The molecule has 0 spiro atoms. The highest BCUT2D eigenvalue weighted by atomic mass is 16.6. The number of benzene rings is 2. The van der Waals surface area contributed by atoms with Crippen molar-refractivity contribution in [2.24, 2.45) is 5.92 Å². The molecule has 2 aromatic carbocycles. The monoisotopic (exact) mass is 295 g/mol. The molecule has 1 heterocycles. The Morgan fingerprint density at radius 3 is 2.27 bits per heavy atom. The third-order valence-corrected chi connectivity index (χ3v) is 4.33. The number of hydrogen-bond acceptors (Lipinski definition) is 3. The van der Waals surface area contributed by atoms with E-state index in [-0.39, 0.29) is 10.8 Å². The number of hydrogen-bond donors (Lipinski definition) is 0. The fourth-order valence-electron chi connectivity index (χ4n) is 3.28. The Morgan fingerprint density at radius 1 is 1.14 bits per heavy atom. The van der Waals surface area contributed by atoms with E-state index in [0.29, 0.717) is 12.2 Å². The van der Waals surface area contributed by atoms with Crippen molar-refractivity contribution in [1.29, 1.82) is 0 Å². The van der Waals surface area contributed by atoms with Crippen LogP contribution in [0.2, 0.25) is 0 Å². The van der Waals surface area contributed by atoms with Gasteiger partial charge in [-0.15, -0.1) is 6.58 Å². The van der Waals surface area contributed by atoms with Crippen LogP contribution in [-0.2, 0) is 10.3 Å². The molecule has 3 atom stereocenters. The summed E-state index contributed by atoms with van der Waals surface area (Å²) in [4.78, 5) is 11.9. The summed E-state index contributed by atoms with van der Waals surface area (Å²) in [5.41, 5.74) is 0.119. The zero-order valence-corrected chi connectivity index (χ0v) is 12.1. The van der Waals surface area contributed by atoms with E-state index in [0.717, 1.165) is 5.56 Å². The van der Waals surface area contributed by atoms with Gasteiger partial charge in [-0.05, 0) is 5.56 Å². The molecule has 0 N–H and O–H groups in total. The van der Waals surface area contributed by atoms with E-state index in [1.165, 1.54) is 0 Å². The van der Waals surface area contributed by atoms with Crippen LogP contribution in [0.4, 0.5) is 0 Å². The van der Waals surface area contributed by atoms with Gasteiger partial charge in [-0.2, -0.15) is 0 Å².